The lowest BCUT2D eigenvalue weighted by Gasteiger charge is -2.25. The summed E-state index contributed by atoms with van der Waals surface area (Å²) in [5.74, 6) is 0. The molecule has 19 heavy (non-hydrogen) atoms. The Kier molecular flexibility index (Phi) is 4.32. The minimum absolute atomic E-state index is 0.0180. The van der Waals surface area contributed by atoms with E-state index >= 15 is 0 Å². The molecule has 1 fully saturated rings. The number of rotatable bonds is 5. The van der Waals surface area contributed by atoms with E-state index in [1.165, 1.54) is 11.3 Å². The Balaban J connectivity index is 2.05. The van der Waals surface area contributed by atoms with Gasteiger partial charge >= 0.3 is 0 Å². The summed E-state index contributed by atoms with van der Waals surface area (Å²) in [6.45, 7) is 4.17. The van der Waals surface area contributed by atoms with E-state index in [-0.39, 0.29) is 12.6 Å². The number of aliphatic hydroxyl groups is 1. The molecular weight excluding hydrogens is 286 g/mol. The summed E-state index contributed by atoms with van der Waals surface area (Å²) in [6.07, 6.45) is 0.904. The van der Waals surface area contributed by atoms with Crippen molar-refractivity contribution in [3.8, 4) is 0 Å². The molecule has 108 valence electrons. The molecule has 1 aliphatic heterocycles. The molecule has 1 aliphatic rings. The molecule has 0 radical (unpaired) electrons. The van der Waals surface area contributed by atoms with Crippen molar-refractivity contribution in [3.63, 3.8) is 0 Å². The Morgan fingerprint density at radius 1 is 1.58 bits per heavy atom. The third-order valence-corrected chi connectivity index (χ3v) is 6.60. The van der Waals surface area contributed by atoms with E-state index in [4.69, 9.17) is 4.74 Å². The van der Waals surface area contributed by atoms with Gasteiger partial charge in [-0.2, -0.15) is 0 Å². The maximum atomic E-state index is 12.1. The van der Waals surface area contributed by atoms with E-state index in [0.29, 0.717) is 17.2 Å². The minimum Gasteiger partial charge on any atom is -0.386 e. The Morgan fingerprint density at radius 3 is 2.84 bits per heavy atom. The van der Waals surface area contributed by atoms with Crippen molar-refractivity contribution in [3.05, 3.63) is 17.0 Å². The topological polar surface area (TPSA) is 75.6 Å². The highest BCUT2D eigenvalue weighted by atomic mass is 32.2. The lowest BCUT2D eigenvalue weighted by Crippen LogP contribution is -2.47. The van der Waals surface area contributed by atoms with Crippen molar-refractivity contribution in [2.24, 2.45) is 0 Å². The second-order valence-corrected chi connectivity index (χ2v) is 7.93. The fourth-order valence-corrected chi connectivity index (χ4v) is 4.43. The van der Waals surface area contributed by atoms with Gasteiger partial charge < -0.3 is 9.84 Å². The van der Waals surface area contributed by atoms with Crippen LogP contribution in [-0.2, 0) is 21.2 Å². The van der Waals surface area contributed by atoms with Gasteiger partial charge in [0.05, 0.1) is 6.10 Å². The lowest BCUT2D eigenvalue weighted by molar-refractivity contribution is -0.0228. The van der Waals surface area contributed by atoms with Crippen molar-refractivity contribution >= 4 is 21.4 Å². The first-order chi connectivity index (χ1) is 8.87. The molecule has 0 spiro atoms. The smallest absolute Gasteiger partial charge is 0.250 e. The molecule has 1 aromatic heterocycles. The van der Waals surface area contributed by atoms with Crippen LogP contribution in [0.2, 0.25) is 0 Å². The van der Waals surface area contributed by atoms with Crippen LogP contribution in [0.15, 0.2) is 16.3 Å². The van der Waals surface area contributed by atoms with Crippen LogP contribution < -0.4 is 4.72 Å². The molecule has 0 aliphatic carbocycles. The highest BCUT2D eigenvalue weighted by molar-refractivity contribution is 7.91. The zero-order chi connectivity index (χ0) is 14.1. The molecule has 0 amide bonds. The Hall–Kier alpha value is -0.470. The number of nitrogens with one attached hydrogen (secondary N) is 1. The van der Waals surface area contributed by atoms with Crippen LogP contribution in [0, 0.1) is 0 Å². The highest BCUT2D eigenvalue weighted by Crippen LogP contribution is 2.26. The van der Waals surface area contributed by atoms with E-state index in [9.17, 15) is 13.5 Å². The van der Waals surface area contributed by atoms with Gasteiger partial charge in [0.1, 0.15) is 9.81 Å². The summed E-state index contributed by atoms with van der Waals surface area (Å²) >= 11 is 1.26. The third-order valence-electron chi connectivity index (χ3n) is 3.48. The normalized spacial score (nSPS) is 27.8. The van der Waals surface area contributed by atoms with Crippen LogP contribution in [0.1, 0.15) is 25.1 Å². The molecule has 2 N–H and O–H groups in total. The molecule has 2 rings (SSSR count). The monoisotopic (exact) mass is 305 g/mol. The van der Waals surface area contributed by atoms with Crippen LogP contribution in [0.5, 0.6) is 0 Å². The Morgan fingerprint density at radius 2 is 2.32 bits per heavy atom. The van der Waals surface area contributed by atoms with Gasteiger partial charge in [0.15, 0.2) is 0 Å². The number of hydrogen-bond donors (Lipinski definition) is 2. The first-order valence-electron chi connectivity index (χ1n) is 6.30. The maximum Gasteiger partial charge on any atom is 0.250 e. The molecule has 0 saturated carbocycles. The molecule has 5 nitrogen and oxygen atoms in total. The third kappa shape index (κ3) is 3.17. The van der Waals surface area contributed by atoms with Gasteiger partial charge in [-0.05, 0) is 25.5 Å². The predicted molar refractivity (Wildman–Crippen MR) is 73.9 cm³/mol. The number of aryl methyl sites for hydroxylation is 1. The van der Waals surface area contributed by atoms with Crippen LogP contribution in [0.4, 0.5) is 0 Å². The highest BCUT2D eigenvalue weighted by Gasteiger charge is 2.40. The van der Waals surface area contributed by atoms with Gasteiger partial charge in [-0.1, -0.05) is 6.92 Å². The maximum absolute atomic E-state index is 12.1. The largest absolute Gasteiger partial charge is 0.386 e. The average molecular weight is 305 g/mol. The molecule has 2 unspecified atom stereocenters. The molecule has 7 heteroatoms. The van der Waals surface area contributed by atoms with Crippen LogP contribution in [-0.4, -0.2) is 38.4 Å². The summed E-state index contributed by atoms with van der Waals surface area (Å²) in [4.78, 5) is 1.02. The standard InChI is InChI=1S/C12H19NO4S2/c1-3-10-4-5-11(18-10)19(15,16)13-8-12(14)6-7-17-9(12)2/h4-5,9,13-14H,3,6-8H2,1-2H3. The second kappa shape index (κ2) is 5.49. The van der Waals surface area contributed by atoms with E-state index in [2.05, 4.69) is 4.72 Å². The van der Waals surface area contributed by atoms with Crippen molar-refractivity contribution in [2.45, 2.75) is 42.6 Å². The molecule has 2 atom stereocenters. The zero-order valence-electron chi connectivity index (χ0n) is 11.0. The molecule has 1 aromatic rings. The molecule has 1 saturated heterocycles. The van der Waals surface area contributed by atoms with Gasteiger partial charge in [0.25, 0.3) is 0 Å². The fraction of sp³-hybridized carbons (Fsp3) is 0.667. The molecular formula is C12H19NO4S2. The van der Waals surface area contributed by atoms with Crippen molar-refractivity contribution in [2.75, 3.05) is 13.2 Å². The van der Waals surface area contributed by atoms with Gasteiger partial charge in [0.2, 0.25) is 10.0 Å². The number of ether oxygens (including phenoxy) is 1. The molecule has 0 aromatic carbocycles. The summed E-state index contributed by atoms with van der Waals surface area (Å²) < 4.78 is 32.3. The number of sulfonamides is 1. The fourth-order valence-electron chi connectivity index (χ4n) is 1.99. The first kappa shape index (κ1) is 14.9. The van der Waals surface area contributed by atoms with Gasteiger partial charge in [-0.3, -0.25) is 0 Å². The summed E-state index contributed by atoms with van der Waals surface area (Å²) in [5, 5.41) is 10.3. The summed E-state index contributed by atoms with van der Waals surface area (Å²) in [7, 11) is -3.55. The predicted octanol–water partition coefficient (Wildman–Crippen LogP) is 1.13. The quantitative estimate of drug-likeness (QED) is 0.855. The lowest BCUT2D eigenvalue weighted by atomic mass is 9.97. The molecule has 0 bridgehead atoms. The minimum atomic E-state index is -3.55. The Labute approximate surface area is 117 Å². The second-order valence-electron chi connectivity index (χ2n) is 4.77. The van der Waals surface area contributed by atoms with E-state index in [0.717, 1.165) is 11.3 Å². The van der Waals surface area contributed by atoms with Crippen molar-refractivity contribution < 1.29 is 18.3 Å². The number of thiophene rings is 1. The first-order valence-corrected chi connectivity index (χ1v) is 8.60. The van der Waals surface area contributed by atoms with Gasteiger partial charge in [-0.15, -0.1) is 11.3 Å². The average Bonchev–Trinajstić information content (AvgIpc) is 2.96. The summed E-state index contributed by atoms with van der Waals surface area (Å²) in [6, 6.07) is 3.42. The molecule has 2 heterocycles. The van der Waals surface area contributed by atoms with Crippen molar-refractivity contribution in [1.82, 2.24) is 4.72 Å². The van der Waals surface area contributed by atoms with Gasteiger partial charge in [-0.25, -0.2) is 13.1 Å². The van der Waals surface area contributed by atoms with E-state index in [1.54, 1.807) is 13.0 Å². The van der Waals surface area contributed by atoms with Gasteiger partial charge in [0, 0.05) is 24.4 Å². The van der Waals surface area contributed by atoms with Crippen LogP contribution in [0.25, 0.3) is 0 Å². The van der Waals surface area contributed by atoms with E-state index in [1.807, 2.05) is 13.0 Å². The van der Waals surface area contributed by atoms with E-state index < -0.39 is 15.6 Å². The number of hydrogen-bond acceptors (Lipinski definition) is 5. The Bertz CT molecular complexity index is 540. The summed E-state index contributed by atoms with van der Waals surface area (Å²) in [5.41, 5.74) is -1.11. The van der Waals surface area contributed by atoms with Crippen LogP contribution >= 0.6 is 11.3 Å². The van der Waals surface area contributed by atoms with Crippen LogP contribution in [0.3, 0.4) is 0 Å². The SMILES string of the molecule is CCc1ccc(S(=O)(=O)NCC2(O)CCOC2C)s1. The van der Waals surface area contributed by atoms with Crippen molar-refractivity contribution in [1.29, 1.82) is 0 Å². The zero-order valence-corrected chi connectivity index (χ0v) is 12.7.